The Bertz CT molecular complexity index is 1220. The smallest absolute Gasteiger partial charge is 0.336 e. The fourth-order valence-corrected chi connectivity index (χ4v) is 3.48. The Morgan fingerprint density at radius 2 is 1.80 bits per heavy atom. The summed E-state index contributed by atoms with van der Waals surface area (Å²) in [5, 5.41) is 18.9. The maximum absolute atomic E-state index is 14.5. The number of hydrogen-bond acceptors (Lipinski definition) is 5. The standard InChI is InChI=1S/C22H14FNO6/c23-17-8-16-18(6-11(17)9-25)30-19-7-12(24)2-4-14(19)20(16)13-3-1-10(21(26)27)5-15(13)22(28)29/h1-9,11H,24H2,(H,26,27)(H,28,29). The van der Waals surface area contributed by atoms with Crippen LogP contribution in [0.15, 0.2) is 65.7 Å². The van der Waals surface area contributed by atoms with Crippen LogP contribution in [0.3, 0.4) is 0 Å². The number of allylic oxidation sites excluding steroid dienone is 3. The Labute approximate surface area is 169 Å². The molecule has 8 heteroatoms. The van der Waals surface area contributed by atoms with E-state index in [0.717, 1.165) is 12.1 Å². The molecule has 1 atom stereocenters. The predicted molar refractivity (Wildman–Crippen MR) is 105 cm³/mol. The third-order valence-electron chi connectivity index (χ3n) is 4.87. The molecule has 7 nitrogen and oxygen atoms in total. The zero-order valence-corrected chi connectivity index (χ0v) is 15.3. The molecule has 0 fully saturated rings. The number of anilines is 1. The van der Waals surface area contributed by atoms with Crippen molar-refractivity contribution < 1.29 is 33.7 Å². The number of fused-ring (bicyclic) bond motifs is 2. The van der Waals surface area contributed by atoms with Gasteiger partial charge in [-0.25, -0.2) is 14.0 Å². The zero-order chi connectivity index (χ0) is 21.6. The van der Waals surface area contributed by atoms with Gasteiger partial charge < -0.3 is 25.5 Å². The minimum absolute atomic E-state index is 0.177. The average molecular weight is 407 g/mol. The van der Waals surface area contributed by atoms with Crippen molar-refractivity contribution in [3.05, 3.63) is 88.0 Å². The van der Waals surface area contributed by atoms with Gasteiger partial charge in [0.2, 0.25) is 0 Å². The van der Waals surface area contributed by atoms with Crippen LogP contribution in [-0.2, 0) is 4.79 Å². The number of carbonyl (C=O) groups excluding carboxylic acids is 1. The molecular weight excluding hydrogens is 393 g/mol. The number of hydrogen-bond donors (Lipinski definition) is 3. The molecule has 150 valence electrons. The van der Waals surface area contributed by atoms with Gasteiger partial charge in [-0.2, -0.15) is 0 Å². The van der Waals surface area contributed by atoms with Gasteiger partial charge in [0.25, 0.3) is 0 Å². The lowest BCUT2D eigenvalue weighted by atomic mass is 9.83. The molecule has 2 aromatic rings. The molecule has 0 radical (unpaired) electrons. The van der Waals surface area contributed by atoms with Gasteiger partial charge in [-0.3, -0.25) is 0 Å². The number of nitrogens with two attached hydrogens (primary N) is 1. The number of benzene rings is 2. The highest BCUT2D eigenvalue weighted by Crippen LogP contribution is 2.46. The van der Waals surface area contributed by atoms with Crippen LogP contribution in [0.1, 0.15) is 31.8 Å². The first-order valence-corrected chi connectivity index (χ1v) is 8.77. The molecule has 4 N–H and O–H groups in total. The molecule has 0 amide bonds. The molecule has 1 heterocycles. The summed E-state index contributed by atoms with van der Waals surface area (Å²) in [6.45, 7) is 0. The first-order chi connectivity index (χ1) is 14.3. The van der Waals surface area contributed by atoms with E-state index >= 15 is 0 Å². The van der Waals surface area contributed by atoms with E-state index in [1.54, 1.807) is 12.1 Å². The maximum Gasteiger partial charge on any atom is 0.336 e. The molecule has 0 saturated heterocycles. The lowest BCUT2D eigenvalue weighted by Crippen LogP contribution is -2.17. The van der Waals surface area contributed by atoms with Crippen molar-refractivity contribution in [2.24, 2.45) is 5.92 Å². The summed E-state index contributed by atoms with van der Waals surface area (Å²) in [7, 11) is 0. The number of rotatable bonds is 4. The summed E-state index contributed by atoms with van der Waals surface area (Å²) in [5.41, 5.74) is 6.96. The lowest BCUT2D eigenvalue weighted by molar-refractivity contribution is -0.109. The molecule has 0 bridgehead atoms. The summed E-state index contributed by atoms with van der Waals surface area (Å²) in [4.78, 5) is 34.4. The van der Waals surface area contributed by atoms with Crippen molar-refractivity contribution in [3.63, 3.8) is 0 Å². The number of carboxylic acids is 2. The molecule has 30 heavy (non-hydrogen) atoms. The van der Waals surface area contributed by atoms with Gasteiger partial charge in [0.15, 0.2) is 0 Å². The first-order valence-electron chi connectivity index (χ1n) is 8.77. The molecule has 1 aliphatic heterocycles. The molecule has 0 aromatic heterocycles. The highest BCUT2D eigenvalue weighted by Gasteiger charge is 2.32. The van der Waals surface area contributed by atoms with E-state index in [2.05, 4.69) is 0 Å². The summed E-state index contributed by atoms with van der Waals surface area (Å²) < 4.78 is 20.3. The second-order valence-electron chi connectivity index (χ2n) is 6.74. The largest absolute Gasteiger partial charge is 0.478 e. The number of carboxylic acid groups (broad SMARTS) is 2. The van der Waals surface area contributed by atoms with Crippen LogP contribution in [0.2, 0.25) is 0 Å². The van der Waals surface area contributed by atoms with Gasteiger partial charge in [-0.05, 0) is 42.0 Å². The van der Waals surface area contributed by atoms with E-state index in [9.17, 15) is 29.0 Å². The highest BCUT2D eigenvalue weighted by atomic mass is 19.1. The number of ether oxygens (including phenoxy) is 1. The summed E-state index contributed by atoms with van der Waals surface area (Å²) in [5.74, 6) is -3.98. The zero-order valence-electron chi connectivity index (χ0n) is 15.3. The van der Waals surface area contributed by atoms with Crippen LogP contribution in [0.4, 0.5) is 10.1 Å². The highest BCUT2D eigenvalue weighted by molar-refractivity contribution is 6.02. The molecule has 1 aliphatic carbocycles. The van der Waals surface area contributed by atoms with E-state index in [1.807, 2.05) is 0 Å². The molecule has 0 spiro atoms. The topological polar surface area (TPSA) is 127 Å². The van der Waals surface area contributed by atoms with Gasteiger partial charge in [0.05, 0.1) is 17.0 Å². The van der Waals surface area contributed by atoms with Crippen molar-refractivity contribution in [1.29, 1.82) is 0 Å². The quantitative estimate of drug-likeness (QED) is 0.523. The van der Waals surface area contributed by atoms with Gasteiger partial charge >= 0.3 is 11.9 Å². The van der Waals surface area contributed by atoms with Gasteiger partial charge in [0.1, 0.15) is 23.6 Å². The minimum atomic E-state index is -1.35. The van der Waals surface area contributed by atoms with E-state index in [1.165, 1.54) is 24.3 Å². The first kappa shape index (κ1) is 19.1. The van der Waals surface area contributed by atoms with Crippen LogP contribution >= 0.6 is 0 Å². The van der Waals surface area contributed by atoms with E-state index in [-0.39, 0.29) is 28.0 Å². The van der Waals surface area contributed by atoms with Crippen LogP contribution in [0.5, 0.6) is 5.75 Å². The summed E-state index contributed by atoms with van der Waals surface area (Å²) >= 11 is 0. The molecule has 2 aliphatic rings. The molecular formula is C22H14FNO6. The lowest BCUT2D eigenvalue weighted by Gasteiger charge is -2.28. The summed E-state index contributed by atoms with van der Waals surface area (Å²) in [6.07, 6.45) is 2.85. The average Bonchev–Trinajstić information content (AvgIpc) is 2.71. The van der Waals surface area contributed by atoms with Crippen LogP contribution in [-0.4, -0.2) is 28.4 Å². The van der Waals surface area contributed by atoms with E-state index < -0.39 is 23.7 Å². The summed E-state index contributed by atoms with van der Waals surface area (Å²) in [6, 6.07) is 8.39. The van der Waals surface area contributed by atoms with Crippen molar-refractivity contribution >= 4 is 29.5 Å². The van der Waals surface area contributed by atoms with E-state index in [4.69, 9.17) is 10.5 Å². The van der Waals surface area contributed by atoms with E-state index in [0.29, 0.717) is 28.9 Å². The Morgan fingerprint density at radius 3 is 2.47 bits per heavy atom. The third kappa shape index (κ3) is 3.04. The Morgan fingerprint density at radius 1 is 1.07 bits per heavy atom. The Balaban J connectivity index is 2.07. The van der Waals surface area contributed by atoms with Gasteiger partial charge in [-0.1, -0.05) is 6.07 Å². The number of aromatic carboxylic acids is 2. The molecule has 1 unspecified atom stereocenters. The number of carbonyl (C=O) groups is 3. The van der Waals surface area contributed by atoms with Gasteiger partial charge in [-0.15, -0.1) is 0 Å². The van der Waals surface area contributed by atoms with Crippen molar-refractivity contribution in [2.75, 3.05) is 5.73 Å². The molecule has 2 aromatic carbocycles. The predicted octanol–water partition coefficient (Wildman–Crippen LogP) is 3.43. The van der Waals surface area contributed by atoms with Crippen molar-refractivity contribution in [2.45, 2.75) is 0 Å². The van der Waals surface area contributed by atoms with Crippen LogP contribution in [0.25, 0.3) is 5.57 Å². The minimum Gasteiger partial charge on any atom is -0.478 e. The fourth-order valence-electron chi connectivity index (χ4n) is 3.48. The monoisotopic (exact) mass is 407 g/mol. The second-order valence-corrected chi connectivity index (χ2v) is 6.74. The third-order valence-corrected chi connectivity index (χ3v) is 4.87. The van der Waals surface area contributed by atoms with Crippen LogP contribution in [0, 0.1) is 5.92 Å². The number of aldehydes is 1. The molecule has 4 rings (SSSR count). The number of nitrogen functional groups attached to an aromatic ring is 1. The normalized spacial score (nSPS) is 17.2. The SMILES string of the molecule is Nc1ccc2c(c1)OC1=CC(C=O)C(F)=CC1=C2c1ccc(C(=O)O)cc1C(=O)O. The Kier molecular flexibility index (Phi) is 4.46. The second kappa shape index (κ2) is 7.00. The molecule has 0 saturated carbocycles. The van der Waals surface area contributed by atoms with Gasteiger partial charge in [0, 0.05) is 28.5 Å². The fraction of sp³-hybridized carbons (Fsp3) is 0.0455. The van der Waals surface area contributed by atoms with Crippen molar-refractivity contribution in [3.8, 4) is 5.75 Å². The Hall–Kier alpha value is -4.20. The van der Waals surface area contributed by atoms with Crippen molar-refractivity contribution in [1.82, 2.24) is 0 Å². The number of halogens is 1. The maximum atomic E-state index is 14.5. The van der Waals surface area contributed by atoms with Crippen LogP contribution < -0.4 is 10.5 Å².